The van der Waals surface area contributed by atoms with Gasteiger partial charge in [0.2, 0.25) is 5.88 Å². The van der Waals surface area contributed by atoms with Gasteiger partial charge in [0.1, 0.15) is 12.1 Å². The summed E-state index contributed by atoms with van der Waals surface area (Å²) in [6.07, 6.45) is 8.13. The first kappa shape index (κ1) is 17.7. The maximum absolute atomic E-state index is 5.50. The van der Waals surface area contributed by atoms with Crippen molar-refractivity contribution in [3.63, 3.8) is 0 Å². The zero-order chi connectivity index (χ0) is 17.8. The van der Waals surface area contributed by atoms with Gasteiger partial charge < -0.3 is 9.64 Å². The molecule has 1 aliphatic heterocycles. The molecule has 0 amide bonds. The molecule has 0 aliphatic carbocycles. The molecule has 1 fully saturated rings. The highest BCUT2D eigenvalue weighted by atomic mass is 16.5. The molecule has 1 aliphatic rings. The zero-order valence-electron chi connectivity index (χ0n) is 15.6. The normalized spacial score (nSPS) is 21.3. The van der Waals surface area contributed by atoms with Crippen molar-refractivity contribution in [3.05, 3.63) is 30.4 Å². The fraction of sp³-hybridized carbons (Fsp3) is 0.611. The van der Waals surface area contributed by atoms with Gasteiger partial charge in [-0.15, -0.1) is 0 Å². The molecule has 3 heterocycles. The molecule has 0 unspecified atom stereocenters. The van der Waals surface area contributed by atoms with Crippen LogP contribution in [0.5, 0.6) is 5.88 Å². The Kier molecular flexibility index (Phi) is 5.53. The lowest BCUT2D eigenvalue weighted by Gasteiger charge is -2.40. The second-order valence-electron chi connectivity index (χ2n) is 6.80. The van der Waals surface area contributed by atoms with E-state index in [4.69, 9.17) is 4.74 Å². The predicted octanol–water partition coefficient (Wildman–Crippen LogP) is 2.13. The topological polar surface area (TPSA) is 59.3 Å². The SMILES string of the molecule is CCOc1cc(N(C)C[C@@H]2CCCN(C)[C@H]2c2cnn(C)c2)ncn1. The van der Waals surface area contributed by atoms with E-state index in [0.717, 1.165) is 18.9 Å². The largest absolute Gasteiger partial charge is 0.478 e. The second kappa shape index (κ2) is 7.82. The number of aromatic nitrogens is 4. The van der Waals surface area contributed by atoms with Gasteiger partial charge in [-0.1, -0.05) is 0 Å². The third-order valence-corrected chi connectivity index (χ3v) is 4.89. The average molecular weight is 344 g/mol. The van der Waals surface area contributed by atoms with Gasteiger partial charge in [0, 0.05) is 44.5 Å². The Hall–Kier alpha value is -2.15. The first-order chi connectivity index (χ1) is 12.1. The monoisotopic (exact) mass is 344 g/mol. The van der Waals surface area contributed by atoms with Crippen molar-refractivity contribution in [1.82, 2.24) is 24.6 Å². The summed E-state index contributed by atoms with van der Waals surface area (Å²) in [6, 6.07) is 2.30. The summed E-state index contributed by atoms with van der Waals surface area (Å²) < 4.78 is 7.39. The van der Waals surface area contributed by atoms with E-state index in [1.807, 2.05) is 30.9 Å². The van der Waals surface area contributed by atoms with E-state index in [-0.39, 0.29) is 0 Å². The molecule has 7 nitrogen and oxygen atoms in total. The summed E-state index contributed by atoms with van der Waals surface area (Å²) in [5.74, 6) is 2.05. The molecule has 0 saturated carbocycles. The number of aryl methyl sites for hydroxylation is 1. The molecule has 0 N–H and O–H groups in total. The summed E-state index contributed by atoms with van der Waals surface area (Å²) in [6.45, 7) is 4.63. The minimum absolute atomic E-state index is 0.387. The summed E-state index contributed by atoms with van der Waals surface area (Å²) >= 11 is 0. The van der Waals surface area contributed by atoms with Gasteiger partial charge in [0.25, 0.3) is 0 Å². The Balaban J connectivity index is 1.76. The van der Waals surface area contributed by atoms with E-state index in [1.54, 1.807) is 6.33 Å². The van der Waals surface area contributed by atoms with Crippen LogP contribution in [0.4, 0.5) is 5.82 Å². The van der Waals surface area contributed by atoms with Crippen LogP contribution in [-0.2, 0) is 7.05 Å². The molecule has 2 aromatic rings. The number of ether oxygens (including phenoxy) is 1. The molecule has 25 heavy (non-hydrogen) atoms. The molecule has 3 rings (SSSR count). The Morgan fingerprint density at radius 1 is 1.32 bits per heavy atom. The van der Waals surface area contributed by atoms with E-state index < -0.39 is 0 Å². The number of hydrogen-bond donors (Lipinski definition) is 0. The van der Waals surface area contributed by atoms with Crippen molar-refractivity contribution in [2.75, 3.05) is 38.7 Å². The highest BCUT2D eigenvalue weighted by Crippen LogP contribution is 2.35. The quantitative estimate of drug-likeness (QED) is 0.800. The van der Waals surface area contributed by atoms with Crippen LogP contribution in [-0.4, -0.2) is 58.4 Å². The molecule has 0 radical (unpaired) electrons. The fourth-order valence-electron chi connectivity index (χ4n) is 3.78. The molecule has 0 bridgehead atoms. The van der Waals surface area contributed by atoms with Crippen LogP contribution in [0, 0.1) is 5.92 Å². The number of nitrogens with zero attached hydrogens (tertiary/aromatic N) is 6. The van der Waals surface area contributed by atoms with Crippen LogP contribution in [0.1, 0.15) is 31.4 Å². The van der Waals surface area contributed by atoms with Crippen molar-refractivity contribution in [2.24, 2.45) is 13.0 Å². The molecule has 0 aromatic carbocycles. The van der Waals surface area contributed by atoms with Gasteiger partial charge >= 0.3 is 0 Å². The van der Waals surface area contributed by atoms with Crippen LogP contribution >= 0.6 is 0 Å². The first-order valence-corrected chi connectivity index (χ1v) is 8.93. The van der Waals surface area contributed by atoms with Gasteiger partial charge in [-0.05, 0) is 39.3 Å². The Morgan fingerprint density at radius 2 is 2.16 bits per heavy atom. The molecule has 1 saturated heterocycles. The summed E-state index contributed by atoms with van der Waals surface area (Å²) in [5.41, 5.74) is 1.29. The van der Waals surface area contributed by atoms with Gasteiger partial charge in [-0.25, -0.2) is 9.97 Å². The van der Waals surface area contributed by atoms with Crippen molar-refractivity contribution in [2.45, 2.75) is 25.8 Å². The van der Waals surface area contributed by atoms with Gasteiger partial charge in [-0.2, -0.15) is 5.10 Å². The maximum Gasteiger partial charge on any atom is 0.218 e. The third-order valence-electron chi connectivity index (χ3n) is 4.89. The highest BCUT2D eigenvalue weighted by molar-refractivity contribution is 5.40. The molecule has 136 valence electrons. The highest BCUT2D eigenvalue weighted by Gasteiger charge is 2.32. The van der Waals surface area contributed by atoms with E-state index in [0.29, 0.717) is 24.4 Å². The smallest absolute Gasteiger partial charge is 0.218 e. The van der Waals surface area contributed by atoms with Gasteiger partial charge in [0.05, 0.1) is 12.8 Å². The minimum atomic E-state index is 0.387. The minimum Gasteiger partial charge on any atom is -0.478 e. The maximum atomic E-state index is 5.50. The summed E-state index contributed by atoms with van der Waals surface area (Å²) in [7, 11) is 6.28. The van der Waals surface area contributed by atoms with Gasteiger partial charge in [0.15, 0.2) is 0 Å². The van der Waals surface area contributed by atoms with E-state index >= 15 is 0 Å². The molecular formula is C18H28N6O. The fourth-order valence-corrected chi connectivity index (χ4v) is 3.78. The van der Waals surface area contributed by atoms with Crippen molar-refractivity contribution >= 4 is 5.82 Å². The number of rotatable bonds is 6. The zero-order valence-corrected chi connectivity index (χ0v) is 15.6. The van der Waals surface area contributed by atoms with E-state index in [2.05, 4.69) is 45.2 Å². The van der Waals surface area contributed by atoms with Crippen LogP contribution in [0.25, 0.3) is 0 Å². The lowest BCUT2D eigenvalue weighted by Crippen LogP contribution is -2.41. The Labute approximate surface area is 149 Å². The Morgan fingerprint density at radius 3 is 2.88 bits per heavy atom. The van der Waals surface area contributed by atoms with Crippen LogP contribution < -0.4 is 9.64 Å². The average Bonchev–Trinajstić information content (AvgIpc) is 3.01. The number of likely N-dealkylation sites (tertiary alicyclic amines) is 1. The van der Waals surface area contributed by atoms with Crippen molar-refractivity contribution < 1.29 is 4.74 Å². The van der Waals surface area contributed by atoms with E-state index in [9.17, 15) is 0 Å². The number of anilines is 1. The van der Waals surface area contributed by atoms with Crippen LogP contribution in [0.15, 0.2) is 24.8 Å². The van der Waals surface area contributed by atoms with Crippen molar-refractivity contribution in [1.29, 1.82) is 0 Å². The lowest BCUT2D eigenvalue weighted by atomic mass is 9.86. The standard InChI is InChI=1S/C18H28N6O/c1-5-25-17-9-16(19-13-20-17)23(3)11-14-7-6-8-22(2)18(14)15-10-21-24(4)12-15/h9-10,12-14,18H,5-8,11H2,1-4H3/t14-,18+/m0/s1. The van der Waals surface area contributed by atoms with Crippen molar-refractivity contribution in [3.8, 4) is 5.88 Å². The molecule has 2 atom stereocenters. The van der Waals surface area contributed by atoms with Gasteiger partial charge in [-0.3, -0.25) is 9.58 Å². The predicted molar refractivity (Wildman–Crippen MR) is 97.8 cm³/mol. The third kappa shape index (κ3) is 4.10. The Bertz CT molecular complexity index is 688. The first-order valence-electron chi connectivity index (χ1n) is 8.93. The molecule has 2 aromatic heterocycles. The van der Waals surface area contributed by atoms with E-state index in [1.165, 1.54) is 18.4 Å². The lowest BCUT2D eigenvalue weighted by molar-refractivity contribution is 0.124. The van der Waals surface area contributed by atoms with Crippen LogP contribution in [0.3, 0.4) is 0 Å². The molecule has 7 heteroatoms. The van der Waals surface area contributed by atoms with Crippen LogP contribution in [0.2, 0.25) is 0 Å². The number of hydrogen-bond acceptors (Lipinski definition) is 6. The summed E-state index contributed by atoms with van der Waals surface area (Å²) in [5, 5.41) is 4.37. The molecule has 0 spiro atoms. The molecular weight excluding hydrogens is 316 g/mol. The number of piperidine rings is 1. The summed E-state index contributed by atoms with van der Waals surface area (Å²) in [4.78, 5) is 13.2. The second-order valence-corrected chi connectivity index (χ2v) is 6.80.